The van der Waals surface area contributed by atoms with E-state index in [1.54, 1.807) is 0 Å². The molecule has 1 aliphatic carbocycles. The molecule has 0 saturated heterocycles. The highest BCUT2D eigenvalue weighted by Gasteiger charge is 2.48. The first-order valence-corrected chi connectivity index (χ1v) is 27.8. The minimum Gasteiger partial charge on any atom is -0.0622 e. The Morgan fingerprint density at radius 3 is 0.825 bits per heavy atom. The van der Waals surface area contributed by atoms with E-state index in [4.69, 9.17) is 0 Å². The minimum absolute atomic E-state index is 0.819. The predicted octanol–water partition coefficient (Wildman–Crippen LogP) is 21.4. The lowest BCUT2D eigenvalue weighted by Crippen LogP contribution is -2.29. The monoisotopic (exact) mass is 1020 g/mol. The zero-order chi connectivity index (χ0) is 53.4. The van der Waals surface area contributed by atoms with Crippen molar-refractivity contribution in [3.8, 4) is 111 Å². The van der Waals surface area contributed by atoms with E-state index < -0.39 is 5.41 Å². The molecule has 0 nitrogen and oxygen atoms in total. The molecule has 80 heavy (non-hydrogen) atoms. The molecule has 0 heteroatoms. The van der Waals surface area contributed by atoms with Crippen molar-refractivity contribution in [2.24, 2.45) is 0 Å². The molecule has 0 saturated carbocycles. The van der Waals surface area contributed by atoms with Crippen LogP contribution in [0.5, 0.6) is 0 Å². The van der Waals surface area contributed by atoms with E-state index in [-0.39, 0.29) is 0 Å². The summed E-state index contributed by atoms with van der Waals surface area (Å²) < 4.78 is 0. The highest BCUT2D eigenvalue weighted by atomic mass is 14.5. The first-order valence-electron chi connectivity index (χ1n) is 27.8. The van der Waals surface area contributed by atoms with Crippen LogP contribution in [0.15, 0.2) is 322 Å². The second kappa shape index (κ2) is 20.7. The van der Waals surface area contributed by atoms with Gasteiger partial charge < -0.3 is 0 Å². The van der Waals surface area contributed by atoms with E-state index in [1.807, 2.05) is 0 Å². The summed E-state index contributed by atoms with van der Waals surface area (Å²) in [6.07, 6.45) is 0. The molecular formula is C80H56. The van der Waals surface area contributed by atoms with Crippen molar-refractivity contribution in [2.45, 2.75) is 12.3 Å². The molecule has 13 aromatic carbocycles. The first kappa shape index (κ1) is 48.2. The molecule has 376 valence electrons. The van der Waals surface area contributed by atoms with Crippen molar-refractivity contribution < 1.29 is 0 Å². The van der Waals surface area contributed by atoms with Crippen LogP contribution in [-0.4, -0.2) is 0 Å². The maximum atomic E-state index is 2.51. The molecule has 14 rings (SSSR count). The lowest BCUT2D eigenvalue weighted by Gasteiger charge is -2.36. The van der Waals surface area contributed by atoms with Crippen molar-refractivity contribution in [3.63, 3.8) is 0 Å². The van der Waals surface area contributed by atoms with Crippen LogP contribution < -0.4 is 0 Å². The van der Waals surface area contributed by atoms with Gasteiger partial charge in [0.15, 0.2) is 0 Å². The summed E-state index contributed by atoms with van der Waals surface area (Å²) in [5, 5.41) is 0. The molecule has 0 fully saturated rings. The van der Waals surface area contributed by atoms with E-state index in [2.05, 4.69) is 328 Å². The minimum atomic E-state index is -0.819. The summed E-state index contributed by atoms with van der Waals surface area (Å²) in [5.41, 5.74) is 29.1. The maximum Gasteiger partial charge on any atom is 0.0714 e. The first-order chi connectivity index (χ1) is 39.5. The third kappa shape index (κ3) is 8.88. The van der Waals surface area contributed by atoms with Crippen LogP contribution >= 0.6 is 0 Å². The standard InChI is InChI=1S/C80H56/c1-55-42-43-77-76(44-55)79-75(60-30-15-6-16-31-60)40-21-41-78(79)80(77,73-51-69(65-36-17-32-61(45-65)56-22-7-2-8-23-56)49-70(52-73)66-37-18-33-62(46-66)57-24-9-3-10-25-57)74-53-71(67-38-19-34-63(47-67)58-26-11-4-12-27-58)50-72(54-74)68-39-20-35-64(48-68)59-28-13-5-14-29-59/h2-54H,1H3. The number of benzene rings is 13. The number of hydrogen-bond acceptors (Lipinski definition) is 0. The van der Waals surface area contributed by atoms with E-state index in [9.17, 15) is 0 Å². The van der Waals surface area contributed by atoms with Gasteiger partial charge in [-0.15, -0.1) is 0 Å². The Morgan fingerprint density at radius 1 is 0.188 bits per heavy atom. The molecule has 0 radical (unpaired) electrons. The number of fused-ring (bicyclic) bond motifs is 3. The summed E-state index contributed by atoms with van der Waals surface area (Å²) >= 11 is 0. The molecule has 0 unspecified atom stereocenters. The zero-order valence-corrected chi connectivity index (χ0v) is 44.6. The molecule has 13 aromatic rings. The molecule has 0 heterocycles. The predicted molar refractivity (Wildman–Crippen MR) is 337 cm³/mol. The van der Waals surface area contributed by atoms with Gasteiger partial charge in [-0.2, -0.15) is 0 Å². The van der Waals surface area contributed by atoms with Crippen LogP contribution in [0.2, 0.25) is 0 Å². The van der Waals surface area contributed by atoms with Gasteiger partial charge in [0.1, 0.15) is 0 Å². The summed E-state index contributed by atoms with van der Waals surface area (Å²) in [6.45, 7) is 2.24. The van der Waals surface area contributed by atoms with Gasteiger partial charge in [0, 0.05) is 0 Å². The van der Waals surface area contributed by atoms with E-state index in [0.29, 0.717) is 0 Å². The quantitative estimate of drug-likeness (QED) is 0.121. The van der Waals surface area contributed by atoms with Crippen LogP contribution in [0.25, 0.3) is 111 Å². The normalized spacial score (nSPS) is 12.2. The van der Waals surface area contributed by atoms with Gasteiger partial charge in [-0.3, -0.25) is 0 Å². The van der Waals surface area contributed by atoms with Gasteiger partial charge in [0.05, 0.1) is 5.41 Å². The van der Waals surface area contributed by atoms with Gasteiger partial charge >= 0.3 is 0 Å². The van der Waals surface area contributed by atoms with Crippen molar-refractivity contribution in [3.05, 3.63) is 349 Å². The maximum absolute atomic E-state index is 2.51. The number of rotatable bonds is 11. The Labute approximate surface area is 470 Å². The summed E-state index contributed by atoms with van der Waals surface area (Å²) in [7, 11) is 0. The fraction of sp³-hybridized carbons (Fsp3) is 0.0250. The fourth-order valence-corrected chi connectivity index (χ4v) is 12.5. The fourth-order valence-electron chi connectivity index (χ4n) is 12.5. The Hall–Kier alpha value is -10.1. The lowest BCUT2D eigenvalue weighted by atomic mass is 9.66. The number of aryl methyl sites for hydroxylation is 1. The van der Waals surface area contributed by atoms with Crippen LogP contribution in [-0.2, 0) is 5.41 Å². The third-order valence-electron chi connectivity index (χ3n) is 16.3. The molecule has 1 aliphatic rings. The van der Waals surface area contributed by atoms with E-state index in [1.165, 1.54) is 94.6 Å². The van der Waals surface area contributed by atoms with Crippen LogP contribution in [0.1, 0.15) is 27.8 Å². The highest BCUT2D eigenvalue weighted by molar-refractivity contribution is 5.97. The third-order valence-corrected chi connectivity index (χ3v) is 16.3. The lowest BCUT2D eigenvalue weighted by molar-refractivity contribution is 0.769. The Kier molecular flexibility index (Phi) is 12.5. The van der Waals surface area contributed by atoms with Crippen LogP contribution in [0, 0.1) is 6.92 Å². The smallest absolute Gasteiger partial charge is 0.0622 e. The molecule has 0 amide bonds. The Bertz CT molecular complexity index is 3970. The molecule has 0 spiro atoms. The Morgan fingerprint density at radius 2 is 0.475 bits per heavy atom. The summed E-state index contributed by atoms with van der Waals surface area (Å²) in [4.78, 5) is 0. The summed E-state index contributed by atoms with van der Waals surface area (Å²) in [5.74, 6) is 0. The average Bonchev–Trinajstić information content (AvgIpc) is 4.09. The van der Waals surface area contributed by atoms with Gasteiger partial charge in [-0.1, -0.05) is 266 Å². The van der Waals surface area contributed by atoms with Crippen molar-refractivity contribution >= 4 is 0 Å². The molecule has 0 atom stereocenters. The Balaban J connectivity index is 1.11. The van der Waals surface area contributed by atoms with Crippen LogP contribution in [0.4, 0.5) is 0 Å². The zero-order valence-electron chi connectivity index (χ0n) is 44.6. The largest absolute Gasteiger partial charge is 0.0714 e. The molecule has 0 aromatic heterocycles. The van der Waals surface area contributed by atoms with Crippen LogP contribution in [0.3, 0.4) is 0 Å². The highest BCUT2D eigenvalue weighted by Crippen LogP contribution is 2.60. The van der Waals surface area contributed by atoms with Gasteiger partial charge in [-0.05, 0) is 201 Å². The van der Waals surface area contributed by atoms with E-state index >= 15 is 0 Å². The van der Waals surface area contributed by atoms with Crippen molar-refractivity contribution in [1.29, 1.82) is 0 Å². The van der Waals surface area contributed by atoms with Gasteiger partial charge in [-0.25, -0.2) is 0 Å². The molecule has 0 aliphatic heterocycles. The summed E-state index contributed by atoms with van der Waals surface area (Å²) in [6, 6.07) is 120. The number of hydrogen-bond donors (Lipinski definition) is 0. The average molecular weight is 1020 g/mol. The molecular weight excluding hydrogens is 961 g/mol. The molecule has 0 bridgehead atoms. The van der Waals surface area contributed by atoms with E-state index in [0.717, 1.165) is 44.5 Å². The molecule has 0 N–H and O–H groups in total. The SMILES string of the molecule is Cc1ccc2c(c1)-c1c(-c3ccccc3)cccc1C2(c1cc(-c2cccc(-c3ccccc3)c2)cc(-c2cccc(-c3ccccc3)c2)c1)c1cc(-c2cccc(-c3ccccc3)c2)cc(-c2cccc(-c3ccccc3)c2)c1. The second-order valence-corrected chi connectivity index (χ2v) is 21.3. The van der Waals surface area contributed by atoms with Gasteiger partial charge in [0.25, 0.3) is 0 Å². The van der Waals surface area contributed by atoms with Crippen molar-refractivity contribution in [1.82, 2.24) is 0 Å². The topological polar surface area (TPSA) is 0 Å². The second-order valence-electron chi connectivity index (χ2n) is 21.3. The van der Waals surface area contributed by atoms with Crippen molar-refractivity contribution in [2.75, 3.05) is 0 Å². The van der Waals surface area contributed by atoms with Gasteiger partial charge in [0.2, 0.25) is 0 Å².